The van der Waals surface area contributed by atoms with E-state index in [2.05, 4.69) is 0 Å². The summed E-state index contributed by atoms with van der Waals surface area (Å²) < 4.78 is 17.1. The first kappa shape index (κ1) is 19.1. The fourth-order valence-electron chi connectivity index (χ4n) is 5.03. The van der Waals surface area contributed by atoms with Crippen molar-refractivity contribution in [1.82, 2.24) is 4.90 Å². The highest BCUT2D eigenvalue weighted by Crippen LogP contribution is 2.59. The monoisotopic (exact) mass is 407 g/mol. The molecule has 1 amide bonds. The minimum Gasteiger partial charge on any atom is -0.497 e. The van der Waals surface area contributed by atoms with E-state index in [1.54, 1.807) is 31.4 Å². The van der Waals surface area contributed by atoms with Crippen molar-refractivity contribution in [3.8, 4) is 5.75 Å². The molecule has 2 unspecified atom stereocenters. The van der Waals surface area contributed by atoms with E-state index in [4.69, 9.17) is 14.2 Å². The van der Waals surface area contributed by atoms with Gasteiger partial charge in [0.2, 0.25) is 0 Å². The summed E-state index contributed by atoms with van der Waals surface area (Å²) in [6.07, 6.45) is 2.39. The van der Waals surface area contributed by atoms with Crippen molar-refractivity contribution in [3.05, 3.63) is 65.7 Å². The Morgan fingerprint density at radius 2 is 1.87 bits per heavy atom. The molecule has 0 radical (unpaired) electrons. The number of amides is 1. The number of hydrogen-bond donors (Lipinski definition) is 0. The van der Waals surface area contributed by atoms with Gasteiger partial charge < -0.3 is 19.1 Å². The van der Waals surface area contributed by atoms with Crippen LogP contribution in [0, 0.1) is 0 Å². The van der Waals surface area contributed by atoms with Crippen molar-refractivity contribution in [3.63, 3.8) is 0 Å². The molecule has 30 heavy (non-hydrogen) atoms. The third kappa shape index (κ3) is 3.16. The number of carbonyl (C=O) groups is 2. The molecule has 6 heteroatoms. The number of esters is 1. The van der Waals surface area contributed by atoms with Gasteiger partial charge in [0, 0.05) is 6.54 Å². The molecule has 3 saturated heterocycles. The number of nitrogens with zero attached hydrogens (tertiary/aromatic N) is 1. The van der Waals surface area contributed by atoms with Gasteiger partial charge in [0.1, 0.15) is 17.5 Å². The second kappa shape index (κ2) is 7.43. The molecule has 0 aromatic heterocycles. The highest BCUT2D eigenvalue weighted by atomic mass is 16.6. The molecule has 0 bridgehead atoms. The number of benzene rings is 2. The number of rotatable bonds is 4. The molecule has 1 spiro atoms. The number of hydrogen-bond acceptors (Lipinski definition) is 5. The Hall–Kier alpha value is -2.86. The largest absolute Gasteiger partial charge is 0.497 e. The maximum Gasteiger partial charge on any atom is 0.338 e. The predicted octanol–water partition coefficient (Wildman–Crippen LogP) is 3.52. The molecule has 2 aromatic rings. The van der Waals surface area contributed by atoms with Crippen LogP contribution in [0.25, 0.3) is 0 Å². The molecule has 0 aliphatic carbocycles. The van der Waals surface area contributed by atoms with E-state index in [1.807, 2.05) is 35.2 Å². The summed E-state index contributed by atoms with van der Waals surface area (Å²) in [7, 11) is 1.65. The van der Waals surface area contributed by atoms with Crippen molar-refractivity contribution >= 4 is 11.9 Å². The van der Waals surface area contributed by atoms with E-state index in [0.29, 0.717) is 18.5 Å². The van der Waals surface area contributed by atoms with Gasteiger partial charge in [-0.05, 0) is 55.5 Å². The van der Waals surface area contributed by atoms with Gasteiger partial charge in [-0.3, -0.25) is 4.79 Å². The lowest BCUT2D eigenvalue weighted by molar-refractivity contribution is -0.153. The van der Waals surface area contributed by atoms with Gasteiger partial charge in [0.25, 0.3) is 5.91 Å². The highest BCUT2D eigenvalue weighted by molar-refractivity contribution is 5.92. The number of piperidine rings is 2. The smallest absolute Gasteiger partial charge is 0.338 e. The fraction of sp³-hybridized carbons (Fsp3) is 0.417. The van der Waals surface area contributed by atoms with Crippen LogP contribution >= 0.6 is 0 Å². The molecule has 6 nitrogen and oxygen atoms in total. The first-order valence-electron chi connectivity index (χ1n) is 10.5. The molecular formula is C24H25NO5. The fourth-order valence-corrected chi connectivity index (χ4v) is 5.03. The summed E-state index contributed by atoms with van der Waals surface area (Å²) in [5.41, 5.74) is 1.26. The molecule has 156 valence electrons. The van der Waals surface area contributed by atoms with E-state index in [0.717, 1.165) is 30.6 Å². The van der Waals surface area contributed by atoms with Gasteiger partial charge in [-0.25, -0.2) is 4.79 Å². The summed E-state index contributed by atoms with van der Waals surface area (Å²) in [5, 5.41) is 0. The quantitative estimate of drug-likeness (QED) is 0.573. The topological polar surface area (TPSA) is 68.4 Å². The standard InChI is InChI=1S/C24H25NO5/c1-28-18-10-8-16(9-11-18)21-24(30-21)14-5-15-25-20(24)13-12-19(22(25)26)29-23(27)17-6-3-2-4-7-17/h2-4,6-11,19-21H,5,12-15H2,1H3/t19-,20-,21?,24?/m0/s1. The van der Waals surface area contributed by atoms with Gasteiger partial charge in [-0.15, -0.1) is 0 Å². The maximum atomic E-state index is 13.1. The van der Waals surface area contributed by atoms with E-state index in [-0.39, 0.29) is 23.7 Å². The first-order valence-corrected chi connectivity index (χ1v) is 10.5. The van der Waals surface area contributed by atoms with Crippen LogP contribution in [0.5, 0.6) is 5.75 Å². The summed E-state index contributed by atoms with van der Waals surface area (Å²) in [6, 6.07) is 16.8. The Kier molecular flexibility index (Phi) is 4.74. The van der Waals surface area contributed by atoms with Gasteiger partial charge in [0.05, 0.1) is 18.7 Å². The third-order valence-electron chi connectivity index (χ3n) is 6.57. The zero-order valence-corrected chi connectivity index (χ0v) is 17.0. The molecular weight excluding hydrogens is 382 g/mol. The second-order valence-corrected chi connectivity index (χ2v) is 8.21. The third-order valence-corrected chi connectivity index (χ3v) is 6.57. The Bertz CT molecular complexity index is 944. The van der Waals surface area contributed by atoms with Crippen molar-refractivity contribution in [1.29, 1.82) is 0 Å². The van der Waals surface area contributed by atoms with Crippen LogP contribution in [-0.2, 0) is 14.3 Å². The zero-order chi connectivity index (χ0) is 20.7. The van der Waals surface area contributed by atoms with E-state index in [9.17, 15) is 9.59 Å². The SMILES string of the molecule is COc1ccc(C2OC23CCCN2C(=O)[C@@H](OC(=O)c4ccccc4)CC[C@H]23)cc1. The van der Waals surface area contributed by atoms with Crippen LogP contribution in [0.3, 0.4) is 0 Å². The predicted molar refractivity (Wildman–Crippen MR) is 109 cm³/mol. The Labute approximate surface area is 175 Å². The molecule has 3 heterocycles. The molecule has 0 N–H and O–H groups in total. The average Bonchev–Trinajstić information content (AvgIpc) is 3.51. The lowest BCUT2D eigenvalue weighted by Gasteiger charge is -2.45. The summed E-state index contributed by atoms with van der Waals surface area (Å²) >= 11 is 0. The molecule has 3 aliphatic heterocycles. The van der Waals surface area contributed by atoms with E-state index >= 15 is 0 Å². The van der Waals surface area contributed by atoms with Crippen LogP contribution in [0.4, 0.5) is 0 Å². The van der Waals surface area contributed by atoms with Gasteiger partial charge in [-0.1, -0.05) is 30.3 Å². The Morgan fingerprint density at radius 3 is 2.60 bits per heavy atom. The molecule has 3 fully saturated rings. The lowest BCUT2D eigenvalue weighted by atomic mass is 9.79. The molecule has 3 aliphatic rings. The van der Waals surface area contributed by atoms with Crippen molar-refractivity contribution in [2.45, 2.75) is 49.5 Å². The summed E-state index contributed by atoms with van der Waals surface area (Å²) in [6.45, 7) is 0.684. The number of carbonyl (C=O) groups excluding carboxylic acids is 2. The molecule has 0 saturated carbocycles. The molecule has 4 atom stereocenters. The van der Waals surface area contributed by atoms with Gasteiger partial charge in [0.15, 0.2) is 6.10 Å². The Balaban J connectivity index is 1.29. The zero-order valence-electron chi connectivity index (χ0n) is 17.0. The number of fused-ring (bicyclic) bond motifs is 2. The van der Waals surface area contributed by atoms with Crippen LogP contribution in [0.2, 0.25) is 0 Å². The first-order chi connectivity index (χ1) is 14.6. The highest BCUT2D eigenvalue weighted by Gasteiger charge is 2.66. The normalized spacial score (nSPS) is 30.0. The van der Waals surface area contributed by atoms with Crippen LogP contribution in [-0.4, -0.2) is 48.2 Å². The average molecular weight is 407 g/mol. The van der Waals surface area contributed by atoms with Crippen LogP contribution in [0.1, 0.15) is 47.7 Å². The van der Waals surface area contributed by atoms with Crippen LogP contribution in [0.15, 0.2) is 54.6 Å². The molecule has 2 aromatic carbocycles. The van der Waals surface area contributed by atoms with E-state index in [1.165, 1.54) is 0 Å². The molecule has 5 rings (SSSR count). The minimum absolute atomic E-state index is 0.00701. The summed E-state index contributed by atoms with van der Waals surface area (Å²) in [4.78, 5) is 27.5. The number of ether oxygens (including phenoxy) is 3. The number of methoxy groups -OCH3 is 1. The van der Waals surface area contributed by atoms with Gasteiger partial charge >= 0.3 is 5.97 Å². The van der Waals surface area contributed by atoms with E-state index < -0.39 is 12.1 Å². The van der Waals surface area contributed by atoms with Crippen molar-refractivity contribution in [2.75, 3.05) is 13.7 Å². The van der Waals surface area contributed by atoms with Gasteiger partial charge in [-0.2, -0.15) is 0 Å². The summed E-state index contributed by atoms with van der Waals surface area (Å²) in [5.74, 6) is 0.270. The second-order valence-electron chi connectivity index (χ2n) is 8.21. The Morgan fingerprint density at radius 1 is 1.10 bits per heavy atom. The van der Waals surface area contributed by atoms with Crippen molar-refractivity contribution in [2.24, 2.45) is 0 Å². The minimum atomic E-state index is -0.720. The lowest BCUT2D eigenvalue weighted by Crippen LogP contribution is -2.59. The van der Waals surface area contributed by atoms with Crippen molar-refractivity contribution < 1.29 is 23.8 Å². The number of epoxide rings is 1. The maximum absolute atomic E-state index is 13.1. The van der Waals surface area contributed by atoms with Crippen LogP contribution < -0.4 is 4.74 Å².